The topological polar surface area (TPSA) is 21.3 Å². The Morgan fingerprint density at radius 2 is 1.69 bits per heavy atom. The summed E-state index contributed by atoms with van der Waals surface area (Å²) in [6.45, 7) is 14.5. The molecule has 98 valence electrons. The molecule has 0 spiro atoms. The summed E-state index contributed by atoms with van der Waals surface area (Å²) in [6, 6.07) is 0.470. The van der Waals surface area contributed by atoms with E-state index in [0.29, 0.717) is 6.04 Å². The molecule has 0 aromatic heterocycles. The van der Waals surface area contributed by atoms with Gasteiger partial charge in [-0.15, -0.1) is 0 Å². The standard InChI is InChI=1S/C14H31NO/c1-8-15-12(10-9-11(2)3)13(16-7)14(4,5)6/h11-13,15H,8-10H2,1-7H3. The zero-order valence-electron chi connectivity index (χ0n) is 12.3. The van der Waals surface area contributed by atoms with Gasteiger partial charge in [-0.25, -0.2) is 0 Å². The van der Waals surface area contributed by atoms with Gasteiger partial charge in [-0.2, -0.15) is 0 Å². The highest BCUT2D eigenvalue weighted by Gasteiger charge is 2.31. The molecule has 0 amide bonds. The summed E-state index contributed by atoms with van der Waals surface area (Å²) < 4.78 is 5.70. The van der Waals surface area contributed by atoms with E-state index in [1.807, 2.05) is 7.11 Å². The Labute approximate surface area is 102 Å². The second-order valence-electron chi connectivity index (χ2n) is 6.16. The minimum atomic E-state index is 0.193. The fourth-order valence-corrected chi connectivity index (χ4v) is 2.26. The summed E-state index contributed by atoms with van der Waals surface area (Å²) in [5, 5.41) is 3.57. The van der Waals surface area contributed by atoms with Crippen LogP contribution >= 0.6 is 0 Å². The largest absolute Gasteiger partial charge is 0.379 e. The molecule has 0 heterocycles. The second kappa shape index (κ2) is 7.29. The van der Waals surface area contributed by atoms with Crippen molar-refractivity contribution in [3.8, 4) is 0 Å². The SMILES string of the molecule is CCNC(CCC(C)C)C(OC)C(C)(C)C. The minimum absolute atomic E-state index is 0.193. The Hall–Kier alpha value is -0.0800. The number of likely N-dealkylation sites (N-methyl/N-ethyl adjacent to an activating group) is 1. The van der Waals surface area contributed by atoms with Crippen LogP contribution in [0.15, 0.2) is 0 Å². The van der Waals surface area contributed by atoms with E-state index in [2.05, 4.69) is 46.9 Å². The Morgan fingerprint density at radius 1 is 1.12 bits per heavy atom. The van der Waals surface area contributed by atoms with E-state index in [0.717, 1.165) is 12.5 Å². The third-order valence-electron chi connectivity index (χ3n) is 2.99. The van der Waals surface area contributed by atoms with Crippen LogP contribution < -0.4 is 5.32 Å². The average molecular weight is 229 g/mol. The fraction of sp³-hybridized carbons (Fsp3) is 1.00. The van der Waals surface area contributed by atoms with Crippen LogP contribution in [0.5, 0.6) is 0 Å². The summed E-state index contributed by atoms with van der Waals surface area (Å²) in [4.78, 5) is 0. The van der Waals surface area contributed by atoms with E-state index in [1.54, 1.807) is 0 Å². The molecule has 16 heavy (non-hydrogen) atoms. The van der Waals surface area contributed by atoms with Crippen molar-refractivity contribution in [3.05, 3.63) is 0 Å². The number of nitrogens with one attached hydrogen (secondary N) is 1. The highest BCUT2D eigenvalue weighted by molar-refractivity contribution is 4.86. The van der Waals surface area contributed by atoms with Crippen LogP contribution in [-0.2, 0) is 4.74 Å². The minimum Gasteiger partial charge on any atom is -0.379 e. The van der Waals surface area contributed by atoms with Crippen molar-refractivity contribution < 1.29 is 4.74 Å². The van der Waals surface area contributed by atoms with Gasteiger partial charge in [-0.3, -0.25) is 0 Å². The van der Waals surface area contributed by atoms with Gasteiger partial charge in [0.25, 0.3) is 0 Å². The quantitative estimate of drug-likeness (QED) is 0.722. The van der Waals surface area contributed by atoms with Gasteiger partial charge >= 0.3 is 0 Å². The van der Waals surface area contributed by atoms with Crippen molar-refractivity contribution in [3.63, 3.8) is 0 Å². The van der Waals surface area contributed by atoms with Crippen LogP contribution in [0.4, 0.5) is 0 Å². The first-order chi connectivity index (χ1) is 7.32. The van der Waals surface area contributed by atoms with Crippen LogP contribution in [0.3, 0.4) is 0 Å². The predicted molar refractivity (Wildman–Crippen MR) is 71.8 cm³/mol. The van der Waals surface area contributed by atoms with E-state index in [9.17, 15) is 0 Å². The Bertz CT molecular complexity index is 172. The van der Waals surface area contributed by atoms with Crippen LogP contribution in [0, 0.1) is 11.3 Å². The first kappa shape index (κ1) is 15.9. The van der Waals surface area contributed by atoms with Gasteiger partial charge in [0, 0.05) is 13.2 Å². The van der Waals surface area contributed by atoms with Gasteiger partial charge in [0.15, 0.2) is 0 Å². The molecular weight excluding hydrogens is 198 g/mol. The number of rotatable bonds is 7. The molecule has 0 bridgehead atoms. The normalized spacial score (nSPS) is 16.5. The van der Waals surface area contributed by atoms with Gasteiger partial charge in [0.05, 0.1) is 6.10 Å². The van der Waals surface area contributed by atoms with E-state index >= 15 is 0 Å². The monoisotopic (exact) mass is 229 g/mol. The summed E-state index contributed by atoms with van der Waals surface area (Å²) >= 11 is 0. The Kier molecular flexibility index (Phi) is 7.25. The van der Waals surface area contributed by atoms with Crippen molar-refractivity contribution in [1.82, 2.24) is 5.32 Å². The van der Waals surface area contributed by atoms with Gasteiger partial charge in [-0.1, -0.05) is 41.5 Å². The molecule has 0 radical (unpaired) electrons. The maximum absolute atomic E-state index is 5.70. The molecule has 0 aromatic rings. The number of hydrogen-bond acceptors (Lipinski definition) is 2. The maximum atomic E-state index is 5.70. The molecule has 0 rings (SSSR count). The van der Waals surface area contributed by atoms with Gasteiger partial charge in [0.2, 0.25) is 0 Å². The summed E-state index contributed by atoms with van der Waals surface area (Å²) in [5.74, 6) is 0.763. The molecule has 0 saturated heterocycles. The molecular formula is C14H31NO. The lowest BCUT2D eigenvalue weighted by molar-refractivity contribution is -0.0138. The van der Waals surface area contributed by atoms with Crippen molar-refractivity contribution in [2.24, 2.45) is 11.3 Å². The Balaban J connectivity index is 4.46. The van der Waals surface area contributed by atoms with Gasteiger partial charge < -0.3 is 10.1 Å². The van der Waals surface area contributed by atoms with Crippen LogP contribution in [0.1, 0.15) is 54.4 Å². The van der Waals surface area contributed by atoms with Crippen LogP contribution in [0.2, 0.25) is 0 Å². The predicted octanol–water partition coefficient (Wildman–Crippen LogP) is 3.46. The molecule has 0 saturated carbocycles. The van der Waals surface area contributed by atoms with E-state index < -0.39 is 0 Å². The van der Waals surface area contributed by atoms with E-state index in [1.165, 1.54) is 12.8 Å². The molecule has 2 atom stereocenters. The number of hydrogen-bond donors (Lipinski definition) is 1. The third kappa shape index (κ3) is 5.86. The zero-order valence-corrected chi connectivity index (χ0v) is 12.3. The van der Waals surface area contributed by atoms with E-state index in [4.69, 9.17) is 4.74 Å². The van der Waals surface area contributed by atoms with Crippen LogP contribution in [0.25, 0.3) is 0 Å². The molecule has 0 aromatic carbocycles. The molecule has 2 nitrogen and oxygen atoms in total. The smallest absolute Gasteiger partial charge is 0.0772 e. The molecule has 2 unspecified atom stereocenters. The summed E-state index contributed by atoms with van der Waals surface area (Å²) in [5.41, 5.74) is 0.193. The van der Waals surface area contributed by atoms with Crippen molar-refractivity contribution in [2.45, 2.75) is 66.5 Å². The lowest BCUT2D eigenvalue weighted by Crippen LogP contribution is -2.47. The van der Waals surface area contributed by atoms with Crippen molar-refractivity contribution in [1.29, 1.82) is 0 Å². The first-order valence-corrected chi connectivity index (χ1v) is 6.59. The first-order valence-electron chi connectivity index (χ1n) is 6.59. The third-order valence-corrected chi connectivity index (χ3v) is 2.99. The number of methoxy groups -OCH3 is 1. The van der Waals surface area contributed by atoms with E-state index in [-0.39, 0.29) is 11.5 Å². The molecule has 2 heteroatoms. The van der Waals surface area contributed by atoms with Crippen molar-refractivity contribution >= 4 is 0 Å². The van der Waals surface area contributed by atoms with Gasteiger partial charge in [0.1, 0.15) is 0 Å². The highest BCUT2D eigenvalue weighted by atomic mass is 16.5. The highest BCUT2D eigenvalue weighted by Crippen LogP contribution is 2.27. The molecule has 0 aliphatic heterocycles. The molecule has 0 fully saturated rings. The average Bonchev–Trinajstić information content (AvgIpc) is 2.12. The summed E-state index contributed by atoms with van der Waals surface area (Å²) in [6.07, 6.45) is 2.74. The zero-order chi connectivity index (χ0) is 12.8. The second-order valence-corrected chi connectivity index (χ2v) is 6.16. The lowest BCUT2D eigenvalue weighted by Gasteiger charge is -2.36. The molecule has 0 aliphatic rings. The van der Waals surface area contributed by atoms with Crippen molar-refractivity contribution in [2.75, 3.05) is 13.7 Å². The molecule has 1 N–H and O–H groups in total. The Morgan fingerprint density at radius 3 is 2.00 bits per heavy atom. The summed E-state index contributed by atoms with van der Waals surface area (Å²) in [7, 11) is 1.83. The number of ether oxygens (including phenoxy) is 1. The lowest BCUT2D eigenvalue weighted by atomic mass is 9.82. The molecule has 0 aliphatic carbocycles. The fourth-order valence-electron chi connectivity index (χ4n) is 2.26. The maximum Gasteiger partial charge on any atom is 0.0772 e. The van der Waals surface area contributed by atoms with Crippen LogP contribution in [-0.4, -0.2) is 25.8 Å². The van der Waals surface area contributed by atoms with Gasteiger partial charge in [-0.05, 0) is 30.7 Å².